The van der Waals surface area contributed by atoms with E-state index >= 15 is 0 Å². The van der Waals surface area contributed by atoms with E-state index in [9.17, 15) is 23.1 Å². The minimum absolute atomic E-state index is 0.0564. The van der Waals surface area contributed by atoms with E-state index in [0.29, 0.717) is 30.8 Å². The van der Waals surface area contributed by atoms with Gasteiger partial charge in [-0.2, -0.15) is 13.2 Å². The van der Waals surface area contributed by atoms with Crippen molar-refractivity contribution in [3.63, 3.8) is 0 Å². The third kappa shape index (κ3) is 11.4. The SMILES string of the molecule is CC1CC(CCCO)C(CC=CCCCC(=O)O)C1C=CC(COc1cccc(C(F)(F)F)c1)OC1CCCCO1. The molecule has 3 rings (SSSR count). The molecule has 0 bridgehead atoms. The lowest BCUT2D eigenvalue weighted by molar-refractivity contribution is -0.182. The van der Waals surface area contributed by atoms with Crippen LogP contribution < -0.4 is 4.74 Å². The van der Waals surface area contributed by atoms with Crippen molar-refractivity contribution in [1.82, 2.24) is 0 Å². The predicted octanol–water partition coefficient (Wildman–Crippen LogP) is 7.41. The summed E-state index contributed by atoms with van der Waals surface area (Å²) in [5, 5.41) is 18.3. The van der Waals surface area contributed by atoms with Gasteiger partial charge in [0.05, 0.1) is 5.56 Å². The van der Waals surface area contributed by atoms with E-state index in [1.54, 1.807) is 0 Å². The third-order valence-electron chi connectivity index (χ3n) is 8.09. The summed E-state index contributed by atoms with van der Waals surface area (Å²) >= 11 is 0. The molecule has 1 aromatic carbocycles. The Morgan fingerprint density at radius 1 is 1.22 bits per heavy atom. The van der Waals surface area contributed by atoms with Crippen LogP contribution in [-0.4, -0.2) is 48.4 Å². The van der Waals surface area contributed by atoms with Crippen molar-refractivity contribution in [1.29, 1.82) is 0 Å². The topological polar surface area (TPSA) is 85.2 Å². The van der Waals surface area contributed by atoms with Gasteiger partial charge in [-0.15, -0.1) is 0 Å². The van der Waals surface area contributed by atoms with Gasteiger partial charge in [0.15, 0.2) is 6.29 Å². The Kier molecular flexibility index (Phi) is 13.7. The smallest absolute Gasteiger partial charge is 0.416 e. The summed E-state index contributed by atoms with van der Waals surface area (Å²) in [4.78, 5) is 10.8. The molecule has 0 amide bonds. The molecule has 1 saturated carbocycles. The van der Waals surface area contributed by atoms with Crippen LogP contribution in [-0.2, 0) is 20.4 Å². The van der Waals surface area contributed by atoms with Gasteiger partial charge >= 0.3 is 12.1 Å². The van der Waals surface area contributed by atoms with Crippen molar-refractivity contribution in [2.45, 2.75) is 89.7 Å². The highest BCUT2D eigenvalue weighted by Gasteiger charge is 2.38. The average Bonchev–Trinajstić information content (AvgIpc) is 3.24. The number of carbonyl (C=O) groups is 1. The van der Waals surface area contributed by atoms with E-state index in [1.165, 1.54) is 12.1 Å². The molecular weight excluding hydrogens is 537 g/mol. The summed E-state index contributed by atoms with van der Waals surface area (Å²) in [5.74, 6) is 0.836. The van der Waals surface area contributed by atoms with Crippen LogP contribution in [0.1, 0.15) is 76.7 Å². The molecule has 6 unspecified atom stereocenters. The number of halogens is 3. The zero-order valence-electron chi connectivity index (χ0n) is 23.9. The molecule has 41 heavy (non-hydrogen) atoms. The first-order valence-corrected chi connectivity index (χ1v) is 14.9. The van der Waals surface area contributed by atoms with E-state index < -0.39 is 23.8 Å². The summed E-state index contributed by atoms with van der Waals surface area (Å²) in [6, 6.07) is 4.87. The van der Waals surface area contributed by atoms with E-state index in [4.69, 9.17) is 19.3 Å². The lowest BCUT2D eigenvalue weighted by atomic mass is 9.82. The minimum Gasteiger partial charge on any atom is -0.491 e. The van der Waals surface area contributed by atoms with Crippen LogP contribution in [0.3, 0.4) is 0 Å². The molecule has 9 heteroatoms. The zero-order chi connectivity index (χ0) is 29.7. The number of hydrogen-bond acceptors (Lipinski definition) is 5. The van der Waals surface area contributed by atoms with Gasteiger partial charge in [-0.1, -0.05) is 37.3 Å². The van der Waals surface area contributed by atoms with Crippen molar-refractivity contribution in [2.75, 3.05) is 19.8 Å². The van der Waals surface area contributed by atoms with Gasteiger partial charge in [0, 0.05) is 19.6 Å². The molecule has 6 atom stereocenters. The molecule has 1 aliphatic carbocycles. The zero-order valence-corrected chi connectivity index (χ0v) is 23.9. The molecule has 2 N–H and O–H groups in total. The summed E-state index contributed by atoms with van der Waals surface area (Å²) < 4.78 is 57.3. The Morgan fingerprint density at radius 3 is 2.76 bits per heavy atom. The summed E-state index contributed by atoms with van der Waals surface area (Å²) in [7, 11) is 0. The molecule has 2 aliphatic rings. The molecular formula is C32H45F3O6. The molecule has 1 heterocycles. The molecule has 1 saturated heterocycles. The van der Waals surface area contributed by atoms with Crippen molar-refractivity contribution < 1.29 is 42.4 Å². The molecule has 1 aromatic rings. The number of allylic oxidation sites excluding steroid dienone is 3. The number of carboxylic acid groups (broad SMARTS) is 1. The maximum Gasteiger partial charge on any atom is 0.416 e. The Balaban J connectivity index is 1.71. The maximum atomic E-state index is 13.2. The lowest BCUT2D eigenvalue weighted by Crippen LogP contribution is -2.30. The molecule has 0 spiro atoms. The second kappa shape index (κ2) is 16.9. The van der Waals surface area contributed by atoms with E-state index in [0.717, 1.165) is 63.5 Å². The molecule has 0 aromatic heterocycles. The van der Waals surface area contributed by atoms with Gasteiger partial charge in [0.2, 0.25) is 0 Å². The first kappa shape index (κ1) is 33.1. The Morgan fingerprint density at radius 2 is 2.05 bits per heavy atom. The molecule has 0 radical (unpaired) electrons. The Labute approximate surface area is 241 Å². The van der Waals surface area contributed by atoms with Gasteiger partial charge in [-0.05, 0) is 99.7 Å². The van der Waals surface area contributed by atoms with Crippen molar-refractivity contribution in [2.24, 2.45) is 23.7 Å². The van der Waals surface area contributed by atoms with E-state index in [-0.39, 0.29) is 37.6 Å². The van der Waals surface area contributed by atoms with Crippen molar-refractivity contribution >= 4 is 5.97 Å². The number of aliphatic carboxylic acids is 1. The summed E-state index contributed by atoms with van der Waals surface area (Å²) in [6.07, 6.45) is 10.8. The number of carboxylic acids is 1. The number of hydrogen-bond donors (Lipinski definition) is 2. The van der Waals surface area contributed by atoms with Crippen LogP contribution >= 0.6 is 0 Å². The van der Waals surface area contributed by atoms with Gasteiger partial charge in [-0.3, -0.25) is 4.79 Å². The highest BCUT2D eigenvalue weighted by molar-refractivity contribution is 5.66. The fourth-order valence-corrected chi connectivity index (χ4v) is 6.00. The first-order chi connectivity index (χ1) is 19.7. The third-order valence-corrected chi connectivity index (χ3v) is 8.09. The van der Waals surface area contributed by atoms with Crippen molar-refractivity contribution in [3.8, 4) is 5.75 Å². The van der Waals surface area contributed by atoms with Crippen molar-refractivity contribution in [3.05, 3.63) is 54.1 Å². The fraction of sp³-hybridized carbons (Fsp3) is 0.656. The van der Waals surface area contributed by atoms with Crippen LogP contribution in [0.5, 0.6) is 5.75 Å². The molecule has 1 aliphatic heterocycles. The Bertz CT molecular complexity index is 972. The second-order valence-corrected chi connectivity index (χ2v) is 11.3. The van der Waals surface area contributed by atoms with Gasteiger partial charge in [0.25, 0.3) is 0 Å². The van der Waals surface area contributed by atoms with Gasteiger partial charge in [0.1, 0.15) is 18.5 Å². The first-order valence-electron chi connectivity index (χ1n) is 14.9. The fourth-order valence-electron chi connectivity index (χ4n) is 6.00. The number of benzene rings is 1. The molecule has 230 valence electrons. The highest BCUT2D eigenvalue weighted by Crippen LogP contribution is 2.46. The van der Waals surface area contributed by atoms with Crippen LogP contribution in [0, 0.1) is 23.7 Å². The summed E-state index contributed by atoms with van der Waals surface area (Å²) in [5.41, 5.74) is -0.758. The van der Waals surface area contributed by atoms with Crippen LogP contribution in [0.25, 0.3) is 0 Å². The number of unbranched alkanes of at least 4 members (excludes halogenated alkanes) is 1. The number of aliphatic hydroxyl groups excluding tert-OH is 1. The second-order valence-electron chi connectivity index (χ2n) is 11.3. The van der Waals surface area contributed by atoms with E-state index in [2.05, 4.69) is 25.2 Å². The largest absolute Gasteiger partial charge is 0.491 e. The van der Waals surface area contributed by atoms with Crippen LogP contribution in [0.2, 0.25) is 0 Å². The number of aliphatic hydroxyl groups is 1. The molecule has 6 nitrogen and oxygen atoms in total. The van der Waals surface area contributed by atoms with Gasteiger partial charge in [-0.25, -0.2) is 0 Å². The maximum absolute atomic E-state index is 13.2. The number of alkyl halides is 3. The standard InChI is InChI=1S/C32H45F3O6/c1-23-20-24(10-9-18-36)29(13-4-2-3-5-14-30(37)38)28(23)17-16-27(41-31-15-6-7-19-39-31)22-40-26-12-8-11-25(21-26)32(33,34)35/h2,4,8,11-12,16-17,21,23-24,27-29,31,36H,3,5-7,9-10,13-15,18-20,22H2,1H3,(H,37,38). The van der Waals surface area contributed by atoms with Gasteiger partial charge < -0.3 is 24.4 Å². The number of ether oxygens (including phenoxy) is 3. The minimum atomic E-state index is -4.45. The molecule has 2 fully saturated rings. The quantitative estimate of drug-likeness (QED) is 0.156. The summed E-state index contributed by atoms with van der Waals surface area (Å²) in [6.45, 7) is 3.06. The average molecular weight is 583 g/mol. The van der Waals surface area contributed by atoms with Crippen LogP contribution in [0.15, 0.2) is 48.6 Å². The highest BCUT2D eigenvalue weighted by atomic mass is 19.4. The van der Waals surface area contributed by atoms with Crippen LogP contribution in [0.4, 0.5) is 13.2 Å². The monoisotopic (exact) mass is 582 g/mol. The normalized spacial score (nSPS) is 26.1. The predicted molar refractivity (Wildman–Crippen MR) is 150 cm³/mol. The number of rotatable bonds is 16. The Hall–Kier alpha value is -2.36. The van der Waals surface area contributed by atoms with E-state index in [1.807, 2.05) is 6.08 Å². The lowest BCUT2D eigenvalue weighted by Gasteiger charge is -2.27.